The van der Waals surface area contributed by atoms with Crippen LogP contribution in [0.1, 0.15) is 10.4 Å². The number of alkyl halides is 3. The predicted octanol–water partition coefficient (Wildman–Crippen LogP) is 2.64. The topological polar surface area (TPSA) is 66.5 Å². The molecule has 1 amide bonds. The number of carbonyl (C=O) groups excluding carboxylic acids is 1. The fourth-order valence-electron chi connectivity index (χ4n) is 2.68. The van der Waals surface area contributed by atoms with E-state index >= 15 is 0 Å². The number of aromatic nitrogens is 1. The van der Waals surface area contributed by atoms with Gasteiger partial charge in [-0.2, -0.15) is 0 Å². The van der Waals surface area contributed by atoms with Crippen molar-refractivity contribution in [3.63, 3.8) is 0 Å². The van der Waals surface area contributed by atoms with Crippen molar-refractivity contribution in [1.82, 2.24) is 10.3 Å². The second-order valence-electron chi connectivity index (χ2n) is 5.64. The molecule has 2 N–H and O–H groups in total. The number of nitrogens with one attached hydrogen (secondary N) is 2. The number of para-hydroxylation sites is 1. The van der Waals surface area contributed by atoms with E-state index in [0.29, 0.717) is 5.56 Å². The minimum atomic E-state index is -4.78. The zero-order valence-corrected chi connectivity index (χ0v) is 13.7. The molecule has 0 bridgehead atoms. The molecule has 1 saturated heterocycles. The Morgan fingerprint density at radius 3 is 2.54 bits per heavy atom. The number of carbonyl (C=O) groups is 1. The van der Waals surface area contributed by atoms with Crippen molar-refractivity contribution in [3.8, 4) is 5.75 Å². The van der Waals surface area contributed by atoms with Crippen LogP contribution in [0.2, 0.25) is 0 Å². The summed E-state index contributed by atoms with van der Waals surface area (Å²) in [5.74, 6) is -0.688. The molecule has 0 unspecified atom stereocenters. The molecule has 0 atom stereocenters. The summed E-state index contributed by atoms with van der Waals surface area (Å²) in [6.07, 6.45) is -3.88. The van der Waals surface area contributed by atoms with Gasteiger partial charge in [0.2, 0.25) is 0 Å². The van der Waals surface area contributed by atoms with Gasteiger partial charge in [0.25, 0.3) is 5.91 Å². The van der Waals surface area contributed by atoms with Gasteiger partial charge in [-0.25, -0.2) is 4.98 Å². The van der Waals surface area contributed by atoms with Gasteiger partial charge in [0.05, 0.1) is 11.8 Å². The largest absolute Gasteiger partial charge is 0.573 e. The summed E-state index contributed by atoms with van der Waals surface area (Å²) in [5, 5.41) is 5.85. The highest BCUT2D eigenvalue weighted by atomic mass is 19.4. The first-order valence-electron chi connectivity index (χ1n) is 8.00. The van der Waals surface area contributed by atoms with Gasteiger partial charge in [-0.15, -0.1) is 13.2 Å². The van der Waals surface area contributed by atoms with Crippen LogP contribution in [0.15, 0.2) is 42.6 Å². The van der Waals surface area contributed by atoms with Crippen molar-refractivity contribution >= 4 is 17.4 Å². The average Bonchev–Trinajstić information content (AvgIpc) is 2.63. The first kappa shape index (κ1) is 18.0. The molecule has 0 saturated carbocycles. The molecule has 26 heavy (non-hydrogen) atoms. The summed E-state index contributed by atoms with van der Waals surface area (Å²) < 4.78 is 40.3. The fraction of sp³-hybridized carbons (Fsp3) is 0.294. The van der Waals surface area contributed by atoms with Crippen molar-refractivity contribution in [2.45, 2.75) is 6.36 Å². The van der Waals surface area contributed by atoms with Gasteiger partial charge in [-0.1, -0.05) is 12.1 Å². The number of halogens is 3. The monoisotopic (exact) mass is 366 g/mol. The second kappa shape index (κ2) is 7.61. The van der Waals surface area contributed by atoms with Gasteiger partial charge >= 0.3 is 6.36 Å². The molecule has 138 valence electrons. The van der Waals surface area contributed by atoms with E-state index in [2.05, 4.69) is 25.3 Å². The van der Waals surface area contributed by atoms with Crippen molar-refractivity contribution in [3.05, 3.63) is 48.2 Å². The highest BCUT2D eigenvalue weighted by Crippen LogP contribution is 2.24. The zero-order valence-electron chi connectivity index (χ0n) is 13.7. The van der Waals surface area contributed by atoms with Gasteiger partial charge < -0.3 is 20.3 Å². The van der Waals surface area contributed by atoms with E-state index in [1.165, 1.54) is 6.07 Å². The number of ether oxygens (including phenoxy) is 1. The van der Waals surface area contributed by atoms with Gasteiger partial charge in [-0.05, 0) is 24.3 Å². The molecule has 0 aliphatic carbocycles. The van der Waals surface area contributed by atoms with Crippen LogP contribution in [-0.2, 0) is 0 Å². The van der Waals surface area contributed by atoms with Crippen LogP contribution in [0.5, 0.6) is 5.75 Å². The molecule has 9 heteroatoms. The highest BCUT2D eigenvalue weighted by molar-refractivity contribution is 6.07. The zero-order chi connectivity index (χ0) is 18.6. The van der Waals surface area contributed by atoms with E-state index < -0.39 is 12.1 Å². The molecule has 1 aliphatic rings. The van der Waals surface area contributed by atoms with Crippen LogP contribution in [0.3, 0.4) is 0 Å². The minimum Gasteiger partial charge on any atom is -0.404 e. The molecule has 6 nitrogen and oxygen atoms in total. The second-order valence-corrected chi connectivity index (χ2v) is 5.64. The molecule has 0 spiro atoms. The molecule has 1 aromatic carbocycles. The standard InChI is InChI=1S/C17H17F3N4O2/c18-17(19,20)26-12-5-6-15(22-11-12)23-16(25)13-3-1-2-4-14(13)24-9-7-21-8-10-24/h1-6,11,21H,7-10H2,(H,22,23,25). The minimum absolute atomic E-state index is 0.139. The van der Waals surface area contributed by atoms with Gasteiger partial charge in [0.1, 0.15) is 11.6 Å². The Hall–Kier alpha value is -2.81. The Labute approximate surface area is 148 Å². The van der Waals surface area contributed by atoms with Crippen molar-refractivity contribution < 1.29 is 22.7 Å². The maximum absolute atomic E-state index is 12.6. The predicted molar refractivity (Wildman–Crippen MR) is 90.4 cm³/mol. The van der Waals surface area contributed by atoms with Crippen LogP contribution in [0.4, 0.5) is 24.7 Å². The lowest BCUT2D eigenvalue weighted by Gasteiger charge is -2.30. The number of piperazine rings is 1. The number of pyridine rings is 1. The average molecular weight is 366 g/mol. The van der Waals surface area contributed by atoms with Crippen LogP contribution < -0.4 is 20.3 Å². The lowest BCUT2D eigenvalue weighted by molar-refractivity contribution is -0.274. The third-order valence-electron chi connectivity index (χ3n) is 3.82. The molecular formula is C17H17F3N4O2. The number of benzene rings is 1. The number of nitrogens with zero attached hydrogens (tertiary/aromatic N) is 2. The molecule has 1 aliphatic heterocycles. The number of hydrogen-bond donors (Lipinski definition) is 2. The number of amides is 1. The normalized spacial score (nSPS) is 14.8. The molecule has 0 radical (unpaired) electrons. The Morgan fingerprint density at radius 2 is 1.88 bits per heavy atom. The first-order chi connectivity index (χ1) is 12.4. The lowest BCUT2D eigenvalue weighted by Crippen LogP contribution is -2.44. The lowest BCUT2D eigenvalue weighted by atomic mass is 10.1. The van der Waals surface area contributed by atoms with Crippen molar-refractivity contribution in [1.29, 1.82) is 0 Å². The third-order valence-corrected chi connectivity index (χ3v) is 3.82. The number of rotatable bonds is 4. The maximum atomic E-state index is 12.6. The molecule has 2 heterocycles. The van der Waals surface area contributed by atoms with E-state index in [1.807, 2.05) is 12.1 Å². The van der Waals surface area contributed by atoms with Crippen LogP contribution >= 0.6 is 0 Å². The van der Waals surface area contributed by atoms with E-state index in [-0.39, 0.29) is 11.7 Å². The Balaban J connectivity index is 1.72. The third kappa shape index (κ3) is 4.63. The highest BCUT2D eigenvalue weighted by Gasteiger charge is 2.31. The van der Waals surface area contributed by atoms with E-state index in [4.69, 9.17) is 0 Å². The smallest absolute Gasteiger partial charge is 0.404 e. The fourth-order valence-corrected chi connectivity index (χ4v) is 2.68. The SMILES string of the molecule is O=C(Nc1ccc(OC(F)(F)F)cn1)c1ccccc1N1CCNCC1. The molecular weight excluding hydrogens is 349 g/mol. The first-order valence-corrected chi connectivity index (χ1v) is 8.00. The van der Waals surface area contributed by atoms with Gasteiger partial charge in [-0.3, -0.25) is 4.79 Å². The van der Waals surface area contributed by atoms with E-state index in [1.54, 1.807) is 12.1 Å². The molecule has 1 aromatic heterocycles. The summed E-state index contributed by atoms with van der Waals surface area (Å²) in [5.41, 5.74) is 1.29. The number of anilines is 2. The van der Waals surface area contributed by atoms with Crippen LogP contribution in [0, 0.1) is 0 Å². The quantitative estimate of drug-likeness (QED) is 0.871. The summed E-state index contributed by atoms with van der Waals surface area (Å²) >= 11 is 0. The summed E-state index contributed by atoms with van der Waals surface area (Å²) in [6.45, 7) is 3.23. The van der Waals surface area contributed by atoms with Crippen molar-refractivity contribution in [2.24, 2.45) is 0 Å². The van der Waals surface area contributed by atoms with E-state index in [0.717, 1.165) is 44.1 Å². The molecule has 3 rings (SSSR count). The number of hydrogen-bond acceptors (Lipinski definition) is 5. The van der Waals surface area contributed by atoms with Gasteiger partial charge in [0.15, 0.2) is 0 Å². The maximum Gasteiger partial charge on any atom is 0.573 e. The van der Waals surface area contributed by atoms with Crippen molar-refractivity contribution in [2.75, 3.05) is 36.4 Å². The molecule has 2 aromatic rings. The molecule has 1 fully saturated rings. The Morgan fingerprint density at radius 1 is 1.15 bits per heavy atom. The van der Waals surface area contributed by atoms with Crippen LogP contribution in [-0.4, -0.2) is 43.4 Å². The van der Waals surface area contributed by atoms with Crippen LogP contribution in [0.25, 0.3) is 0 Å². The summed E-state index contributed by atoms with van der Waals surface area (Å²) in [7, 11) is 0. The Bertz CT molecular complexity index is 759. The van der Waals surface area contributed by atoms with Gasteiger partial charge in [0, 0.05) is 31.9 Å². The van der Waals surface area contributed by atoms with E-state index in [9.17, 15) is 18.0 Å². The Kier molecular flexibility index (Phi) is 5.27. The summed E-state index contributed by atoms with van der Waals surface area (Å²) in [4.78, 5) is 18.5. The summed E-state index contributed by atoms with van der Waals surface area (Å²) in [6, 6.07) is 9.54.